The van der Waals surface area contributed by atoms with Crippen LogP contribution in [-0.2, 0) is 16.4 Å². The number of benzene rings is 1. The summed E-state index contributed by atoms with van der Waals surface area (Å²) < 4.78 is 28.3. The van der Waals surface area contributed by atoms with E-state index in [1.807, 2.05) is 38.1 Å². The van der Waals surface area contributed by atoms with Gasteiger partial charge >= 0.3 is 0 Å². The maximum Gasteiger partial charge on any atom is 0.271 e. The monoisotopic (exact) mass is 323 g/mol. The minimum atomic E-state index is -3.51. The van der Waals surface area contributed by atoms with Crippen molar-refractivity contribution < 1.29 is 8.42 Å². The number of para-hydroxylation sites is 1. The molecule has 0 radical (unpaired) electrons. The van der Waals surface area contributed by atoms with Crippen molar-refractivity contribution in [1.29, 1.82) is 0 Å². The Hall–Kier alpha value is -1.33. The van der Waals surface area contributed by atoms with E-state index >= 15 is 0 Å². The molecule has 0 unspecified atom stereocenters. The van der Waals surface area contributed by atoms with Crippen molar-refractivity contribution >= 4 is 27.0 Å². The van der Waals surface area contributed by atoms with Gasteiger partial charge in [-0.1, -0.05) is 39.0 Å². The number of hydrogen-bond acceptors (Lipinski definition) is 3. The van der Waals surface area contributed by atoms with Crippen molar-refractivity contribution in [2.75, 3.05) is 4.72 Å². The molecule has 1 heterocycles. The largest absolute Gasteiger partial charge is 0.278 e. The summed E-state index contributed by atoms with van der Waals surface area (Å²) in [5, 5.41) is 0. The predicted octanol–water partition coefficient (Wildman–Crippen LogP) is 4.54. The summed E-state index contributed by atoms with van der Waals surface area (Å²) in [5.74, 6) is 0.261. The summed E-state index contributed by atoms with van der Waals surface area (Å²) in [6, 6.07) is 9.42. The molecule has 2 aromatic rings. The lowest BCUT2D eigenvalue weighted by Crippen LogP contribution is -2.14. The lowest BCUT2D eigenvalue weighted by atomic mass is 9.99. The highest BCUT2D eigenvalue weighted by Gasteiger charge is 2.20. The van der Waals surface area contributed by atoms with Crippen LogP contribution in [0.4, 0.5) is 5.69 Å². The first-order chi connectivity index (χ1) is 9.85. The molecule has 2 rings (SSSR count). The fourth-order valence-electron chi connectivity index (χ4n) is 2.19. The van der Waals surface area contributed by atoms with Crippen LogP contribution in [0.3, 0.4) is 0 Å². The van der Waals surface area contributed by atoms with E-state index in [2.05, 4.69) is 18.6 Å². The zero-order chi connectivity index (χ0) is 15.6. The van der Waals surface area contributed by atoms with Crippen molar-refractivity contribution in [2.45, 2.75) is 44.2 Å². The number of anilines is 1. The van der Waals surface area contributed by atoms with Crippen molar-refractivity contribution in [1.82, 2.24) is 0 Å². The van der Waals surface area contributed by atoms with E-state index in [-0.39, 0.29) is 5.92 Å². The van der Waals surface area contributed by atoms with Crippen LogP contribution in [-0.4, -0.2) is 8.42 Å². The zero-order valence-electron chi connectivity index (χ0n) is 12.8. The zero-order valence-corrected chi connectivity index (χ0v) is 14.4. The average Bonchev–Trinajstić information content (AvgIpc) is 2.90. The minimum Gasteiger partial charge on any atom is -0.278 e. The number of aryl methyl sites for hydroxylation is 2. The van der Waals surface area contributed by atoms with Crippen molar-refractivity contribution in [2.24, 2.45) is 0 Å². The summed E-state index contributed by atoms with van der Waals surface area (Å²) in [6.07, 6.45) is 0.849. The number of hydrogen-bond donors (Lipinski definition) is 1. The van der Waals surface area contributed by atoms with Crippen LogP contribution >= 0.6 is 11.3 Å². The Balaban J connectivity index is 2.41. The van der Waals surface area contributed by atoms with Crippen LogP contribution in [0.2, 0.25) is 0 Å². The van der Waals surface area contributed by atoms with E-state index < -0.39 is 10.0 Å². The Morgan fingerprint density at radius 1 is 1.19 bits per heavy atom. The van der Waals surface area contributed by atoms with E-state index in [0.717, 1.165) is 22.4 Å². The molecule has 0 aliphatic rings. The second-order valence-electron chi connectivity index (χ2n) is 5.37. The van der Waals surface area contributed by atoms with Gasteiger partial charge in [0.2, 0.25) is 0 Å². The summed E-state index contributed by atoms with van der Waals surface area (Å²) >= 11 is 1.33. The second kappa shape index (κ2) is 6.20. The first-order valence-corrected chi connectivity index (χ1v) is 9.36. The number of sulfonamides is 1. The molecule has 0 fully saturated rings. The van der Waals surface area contributed by atoms with Crippen LogP contribution in [0.5, 0.6) is 0 Å². The number of nitrogens with one attached hydrogen (secondary N) is 1. The minimum absolute atomic E-state index is 0.261. The third kappa shape index (κ3) is 3.47. The van der Waals surface area contributed by atoms with Crippen molar-refractivity contribution in [3.8, 4) is 0 Å². The molecule has 0 spiro atoms. The van der Waals surface area contributed by atoms with E-state index in [1.54, 1.807) is 6.07 Å². The Morgan fingerprint density at radius 2 is 1.90 bits per heavy atom. The van der Waals surface area contributed by atoms with Crippen molar-refractivity contribution in [3.63, 3.8) is 0 Å². The molecule has 0 saturated heterocycles. The fourth-order valence-corrected chi connectivity index (χ4v) is 4.64. The Morgan fingerprint density at radius 3 is 2.48 bits per heavy atom. The van der Waals surface area contributed by atoms with Gasteiger partial charge in [-0.25, -0.2) is 8.42 Å². The normalized spacial score (nSPS) is 11.9. The Kier molecular flexibility index (Phi) is 4.74. The Bertz CT molecular complexity index is 730. The first-order valence-electron chi connectivity index (χ1n) is 7.06. The summed E-state index contributed by atoms with van der Waals surface area (Å²) in [5.41, 5.74) is 2.67. The maximum absolute atomic E-state index is 12.6. The SMILES string of the molecule is CCc1ccc(S(=O)(=O)Nc2c(C)cccc2C(C)C)s1. The smallest absolute Gasteiger partial charge is 0.271 e. The summed E-state index contributed by atoms with van der Waals surface area (Å²) in [4.78, 5) is 1.07. The topological polar surface area (TPSA) is 46.2 Å². The molecule has 114 valence electrons. The van der Waals surface area contributed by atoms with Crippen LogP contribution < -0.4 is 4.72 Å². The molecule has 0 saturated carbocycles. The van der Waals surface area contributed by atoms with Gasteiger partial charge in [-0.3, -0.25) is 4.72 Å². The van der Waals surface area contributed by atoms with Crippen LogP contribution in [0.1, 0.15) is 42.7 Å². The highest BCUT2D eigenvalue weighted by Crippen LogP contribution is 2.31. The predicted molar refractivity (Wildman–Crippen MR) is 89.8 cm³/mol. The molecule has 21 heavy (non-hydrogen) atoms. The van der Waals surface area contributed by atoms with E-state index in [4.69, 9.17) is 0 Å². The molecule has 1 aromatic carbocycles. The fraction of sp³-hybridized carbons (Fsp3) is 0.375. The summed E-state index contributed by atoms with van der Waals surface area (Å²) in [7, 11) is -3.51. The molecular weight excluding hydrogens is 302 g/mol. The van der Waals surface area contributed by atoms with Gasteiger partial charge in [0.1, 0.15) is 4.21 Å². The first kappa shape index (κ1) is 16.0. The molecule has 5 heteroatoms. The van der Waals surface area contributed by atoms with Crippen LogP contribution in [0, 0.1) is 6.92 Å². The third-order valence-corrected chi connectivity index (χ3v) is 6.48. The van der Waals surface area contributed by atoms with Crippen LogP contribution in [0.25, 0.3) is 0 Å². The maximum atomic E-state index is 12.6. The lowest BCUT2D eigenvalue weighted by molar-refractivity contribution is 0.603. The lowest BCUT2D eigenvalue weighted by Gasteiger charge is -2.16. The van der Waals surface area contributed by atoms with E-state index in [9.17, 15) is 8.42 Å². The molecule has 1 N–H and O–H groups in total. The highest BCUT2D eigenvalue weighted by molar-refractivity contribution is 7.94. The van der Waals surface area contributed by atoms with Gasteiger partial charge < -0.3 is 0 Å². The van der Waals surface area contributed by atoms with Gasteiger partial charge in [0.15, 0.2) is 0 Å². The Labute approximate surface area is 131 Å². The standard InChI is InChI=1S/C16H21NO2S2/c1-5-13-9-10-15(20-13)21(18,19)17-16-12(4)7-6-8-14(16)11(2)3/h6-11,17H,5H2,1-4H3. The molecule has 0 aliphatic heterocycles. The highest BCUT2D eigenvalue weighted by atomic mass is 32.2. The van der Waals surface area contributed by atoms with Gasteiger partial charge in [-0.15, -0.1) is 11.3 Å². The van der Waals surface area contributed by atoms with E-state index in [0.29, 0.717) is 9.90 Å². The van der Waals surface area contributed by atoms with Gasteiger partial charge in [-0.2, -0.15) is 0 Å². The molecule has 1 aromatic heterocycles. The molecule has 0 amide bonds. The van der Waals surface area contributed by atoms with Gasteiger partial charge in [0.05, 0.1) is 5.69 Å². The van der Waals surface area contributed by atoms with Crippen LogP contribution in [0.15, 0.2) is 34.5 Å². The summed E-state index contributed by atoms with van der Waals surface area (Å²) in [6.45, 7) is 8.07. The van der Waals surface area contributed by atoms with E-state index in [1.165, 1.54) is 11.3 Å². The van der Waals surface area contributed by atoms with Gasteiger partial charge in [-0.05, 0) is 42.5 Å². The van der Waals surface area contributed by atoms with Gasteiger partial charge in [0, 0.05) is 4.88 Å². The molecule has 3 nitrogen and oxygen atoms in total. The number of rotatable bonds is 5. The second-order valence-corrected chi connectivity index (χ2v) is 8.45. The van der Waals surface area contributed by atoms with Gasteiger partial charge in [0.25, 0.3) is 10.0 Å². The average molecular weight is 323 g/mol. The number of thiophene rings is 1. The molecule has 0 atom stereocenters. The molecule has 0 aliphatic carbocycles. The molecular formula is C16H21NO2S2. The third-order valence-electron chi connectivity index (χ3n) is 3.41. The molecule has 0 bridgehead atoms. The van der Waals surface area contributed by atoms with Crippen molar-refractivity contribution in [3.05, 3.63) is 46.3 Å². The quantitative estimate of drug-likeness (QED) is 0.878.